The van der Waals surface area contributed by atoms with Gasteiger partial charge in [-0.25, -0.2) is 0 Å². The fraction of sp³-hybridized carbons (Fsp3) is 0.105. The minimum Gasteiger partial charge on any atom is -0.467 e. The van der Waals surface area contributed by atoms with Gasteiger partial charge in [0.2, 0.25) is 6.79 Å². The molecule has 6 heteroatoms. The Bertz CT molecular complexity index is 873. The first-order chi connectivity index (χ1) is 12.3. The van der Waals surface area contributed by atoms with E-state index in [9.17, 15) is 4.79 Å². The highest BCUT2D eigenvalue weighted by Gasteiger charge is 2.16. The Hall–Kier alpha value is -3.41. The Morgan fingerprint density at radius 3 is 2.56 bits per heavy atom. The summed E-state index contributed by atoms with van der Waals surface area (Å²) in [6.45, 7) is 0.794. The van der Waals surface area contributed by atoms with Gasteiger partial charge in [0.15, 0.2) is 11.5 Å². The van der Waals surface area contributed by atoms with Crippen LogP contribution in [0.25, 0.3) is 0 Å². The van der Waals surface area contributed by atoms with E-state index in [0.29, 0.717) is 29.3 Å². The summed E-state index contributed by atoms with van der Waals surface area (Å²) in [5.41, 5.74) is 2.17. The zero-order valence-corrected chi connectivity index (χ0v) is 13.3. The molecule has 0 aliphatic carbocycles. The molecule has 1 aromatic heterocycles. The minimum absolute atomic E-state index is 0.187. The van der Waals surface area contributed by atoms with E-state index in [2.05, 4.69) is 10.6 Å². The normalized spacial score (nSPS) is 12.0. The number of hydrogen-bond acceptors (Lipinski definition) is 5. The molecule has 3 aromatic rings. The van der Waals surface area contributed by atoms with Crippen molar-refractivity contribution in [2.75, 3.05) is 17.4 Å². The Kier molecular flexibility index (Phi) is 4.00. The average molecular weight is 336 g/mol. The Balaban J connectivity index is 1.38. The number of rotatable bonds is 5. The molecular weight excluding hydrogens is 320 g/mol. The van der Waals surface area contributed by atoms with Gasteiger partial charge < -0.3 is 24.5 Å². The van der Waals surface area contributed by atoms with Crippen LogP contribution in [-0.2, 0) is 6.54 Å². The fourth-order valence-corrected chi connectivity index (χ4v) is 2.51. The molecular formula is C19H16N2O4. The maximum Gasteiger partial charge on any atom is 0.255 e. The largest absolute Gasteiger partial charge is 0.467 e. The van der Waals surface area contributed by atoms with Gasteiger partial charge in [0, 0.05) is 16.9 Å². The second kappa shape index (κ2) is 6.60. The monoisotopic (exact) mass is 336 g/mol. The van der Waals surface area contributed by atoms with Gasteiger partial charge in [-0.05, 0) is 54.6 Å². The van der Waals surface area contributed by atoms with Gasteiger partial charge in [-0.15, -0.1) is 0 Å². The van der Waals surface area contributed by atoms with Crippen LogP contribution in [0.4, 0.5) is 11.4 Å². The number of carbonyl (C=O) groups is 1. The number of ether oxygens (including phenoxy) is 2. The van der Waals surface area contributed by atoms with Crippen LogP contribution in [0.1, 0.15) is 16.1 Å². The number of amides is 1. The van der Waals surface area contributed by atoms with Crippen LogP contribution >= 0.6 is 0 Å². The number of fused-ring (bicyclic) bond motifs is 1. The molecule has 0 unspecified atom stereocenters. The van der Waals surface area contributed by atoms with E-state index < -0.39 is 0 Å². The molecule has 25 heavy (non-hydrogen) atoms. The van der Waals surface area contributed by atoms with E-state index in [1.807, 2.05) is 36.4 Å². The van der Waals surface area contributed by atoms with Crippen LogP contribution in [0.15, 0.2) is 65.3 Å². The summed E-state index contributed by atoms with van der Waals surface area (Å²) in [5, 5.41) is 6.12. The second-order valence-corrected chi connectivity index (χ2v) is 5.53. The van der Waals surface area contributed by atoms with Crippen molar-refractivity contribution in [3.05, 3.63) is 72.2 Å². The molecule has 0 radical (unpaired) electrons. The van der Waals surface area contributed by atoms with Crippen LogP contribution in [0.5, 0.6) is 11.5 Å². The molecule has 0 fully saturated rings. The molecule has 6 nitrogen and oxygen atoms in total. The van der Waals surface area contributed by atoms with Gasteiger partial charge in [-0.3, -0.25) is 4.79 Å². The van der Waals surface area contributed by atoms with Crippen molar-refractivity contribution < 1.29 is 18.7 Å². The summed E-state index contributed by atoms with van der Waals surface area (Å²) in [6.07, 6.45) is 1.64. The molecule has 0 saturated heterocycles. The highest BCUT2D eigenvalue weighted by atomic mass is 16.7. The van der Waals surface area contributed by atoms with E-state index in [-0.39, 0.29) is 12.7 Å². The maximum absolute atomic E-state index is 12.3. The van der Waals surface area contributed by atoms with Gasteiger partial charge >= 0.3 is 0 Å². The third-order valence-corrected chi connectivity index (χ3v) is 3.82. The second-order valence-electron chi connectivity index (χ2n) is 5.53. The molecule has 2 aromatic carbocycles. The number of carbonyl (C=O) groups excluding carboxylic acids is 1. The highest BCUT2D eigenvalue weighted by molar-refractivity contribution is 6.04. The van der Waals surface area contributed by atoms with Crippen molar-refractivity contribution >= 4 is 17.3 Å². The quantitative estimate of drug-likeness (QED) is 0.740. The Labute approximate surface area is 144 Å². The van der Waals surface area contributed by atoms with Crippen LogP contribution in [0, 0.1) is 0 Å². The van der Waals surface area contributed by atoms with E-state index in [1.165, 1.54) is 0 Å². The third-order valence-electron chi connectivity index (χ3n) is 3.82. The lowest BCUT2D eigenvalue weighted by atomic mass is 10.2. The Morgan fingerprint density at radius 2 is 1.76 bits per heavy atom. The van der Waals surface area contributed by atoms with Crippen LogP contribution in [0.2, 0.25) is 0 Å². The summed E-state index contributed by atoms with van der Waals surface area (Å²) >= 11 is 0. The topological polar surface area (TPSA) is 72.7 Å². The zero-order valence-electron chi connectivity index (χ0n) is 13.3. The van der Waals surface area contributed by atoms with E-state index in [0.717, 1.165) is 11.4 Å². The molecule has 0 bridgehead atoms. The highest BCUT2D eigenvalue weighted by Crippen LogP contribution is 2.32. The first-order valence-corrected chi connectivity index (χ1v) is 7.85. The number of nitrogens with one attached hydrogen (secondary N) is 2. The number of furan rings is 1. The lowest BCUT2D eigenvalue weighted by Gasteiger charge is -2.08. The zero-order chi connectivity index (χ0) is 17.1. The SMILES string of the molecule is O=C(Nc1ccc(NCc2ccco2)cc1)c1ccc2c(c1)OCO2. The smallest absolute Gasteiger partial charge is 0.255 e. The molecule has 0 spiro atoms. The molecule has 0 atom stereocenters. The molecule has 1 aliphatic rings. The first-order valence-electron chi connectivity index (χ1n) is 7.85. The van der Waals surface area contributed by atoms with Gasteiger partial charge in [0.05, 0.1) is 12.8 Å². The molecule has 1 aliphatic heterocycles. The Morgan fingerprint density at radius 1 is 0.960 bits per heavy atom. The summed E-state index contributed by atoms with van der Waals surface area (Å²) in [7, 11) is 0. The predicted molar refractivity (Wildman–Crippen MR) is 93.0 cm³/mol. The van der Waals surface area contributed by atoms with Crippen LogP contribution in [0.3, 0.4) is 0 Å². The van der Waals surface area contributed by atoms with Gasteiger partial charge in [0.1, 0.15) is 5.76 Å². The van der Waals surface area contributed by atoms with Crippen molar-refractivity contribution in [2.24, 2.45) is 0 Å². The maximum atomic E-state index is 12.3. The lowest BCUT2D eigenvalue weighted by Crippen LogP contribution is -2.11. The molecule has 2 N–H and O–H groups in total. The first kappa shape index (κ1) is 15.1. The lowest BCUT2D eigenvalue weighted by molar-refractivity contribution is 0.102. The summed E-state index contributed by atoms with van der Waals surface area (Å²) in [6, 6.07) is 16.4. The number of hydrogen-bond donors (Lipinski definition) is 2. The number of benzene rings is 2. The summed E-state index contributed by atoms with van der Waals surface area (Å²) < 4.78 is 15.8. The van der Waals surface area contributed by atoms with Gasteiger partial charge in [-0.2, -0.15) is 0 Å². The van der Waals surface area contributed by atoms with Crippen LogP contribution < -0.4 is 20.1 Å². The molecule has 1 amide bonds. The van der Waals surface area contributed by atoms with Crippen molar-refractivity contribution in [1.29, 1.82) is 0 Å². The number of anilines is 2. The van der Waals surface area contributed by atoms with Crippen molar-refractivity contribution in [2.45, 2.75) is 6.54 Å². The molecule has 2 heterocycles. The van der Waals surface area contributed by atoms with Gasteiger partial charge in [-0.1, -0.05) is 0 Å². The minimum atomic E-state index is -0.199. The summed E-state index contributed by atoms with van der Waals surface area (Å²) in [5.74, 6) is 1.91. The van der Waals surface area contributed by atoms with Crippen molar-refractivity contribution in [3.63, 3.8) is 0 Å². The molecule has 126 valence electrons. The van der Waals surface area contributed by atoms with Gasteiger partial charge in [0.25, 0.3) is 5.91 Å². The average Bonchev–Trinajstić information content (AvgIpc) is 3.32. The molecule has 0 saturated carbocycles. The third kappa shape index (κ3) is 3.42. The van der Waals surface area contributed by atoms with Crippen LogP contribution in [-0.4, -0.2) is 12.7 Å². The standard InChI is InChI=1S/C19H16N2O4/c22-19(13-3-8-17-18(10-13)25-12-24-17)21-15-6-4-14(5-7-15)20-11-16-2-1-9-23-16/h1-10,20H,11-12H2,(H,21,22). The van der Waals surface area contributed by atoms with E-state index >= 15 is 0 Å². The van der Waals surface area contributed by atoms with E-state index in [1.54, 1.807) is 24.5 Å². The summed E-state index contributed by atoms with van der Waals surface area (Å²) in [4.78, 5) is 12.3. The predicted octanol–water partition coefficient (Wildman–Crippen LogP) is 3.87. The fourth-order valence-electron chi connectivity index (χ4n) is 2.51. The van der Waals surface area contributed by atoms with E-state index in [4.69, 9.17) is 13.9 Å². The van der Waals surface area contributed by atoms with Crippen molar-refractivity contribution in [3.8, 4) is 11.5 Å². The van der Waals surface area contributed by atoms with Crippen molar-refractivity contribution in [1.82, 2.24) is 0 Å². The molecule has 4 rings (SSSR count).